The Kier molecular flexibility index (Phi) is 6.66. The van der Waals surface area contributed by atoms with E-state index >= 15 is 0 Å². The quantitative estimate of drug-likeness (QED) is 0.680. The molecule has 3 nitrogen and oxygen atoms in total. The first-order valence-electron chi connectivity index (χ1n) is 3.64. The molecule has 0 saturated carbocycles. The van der Waals surface area contributed by atoms with Crippen LogP contribution in [0.15, 0.2) is 24.5 Å². The lowest BCUT2D eigenvalue weighted by Crippen LogP contribution is -2.17. The van der Waals surface area contributed by atoms with Crippen LogP contribution >= 0.6 is 12.4 Å². The van der Waals surface area contributed by atoms with Crippen molar-refractivity contribution in [1.29, 1.82) is 0 Å². The summed E-state index contributed by atoms with van der Waals surface area (Å²) in [6.45, 7) is 1.62. The third kappa shape index (κ3) is 4.28. The summed E-state index contributed by atoms with van der Waals surface area (Å²) in [6, 6.07) is 3.90. The summed E-state index contributed by atoms with van der Waals surface area (Å²) < 4.78 is 0. The molecule has 0 unspecified atom stereocenters. The molecule has 68 valence electrons. The van der Waals surface area contributed by atoms with E-state index in [-0.39, 0.29) is 19.0 Å². The van der Waals surface area contributed by atoms with Gasteiger partial charge in [-0.15, -0.1) is 12.4 Å². The number of aromatic nitrogens is 1. The zero-order valence-corrected chi connectivity index (χ0v) is 7.55. The van der Waals surface area contributed by atoms with Crippen molar-refractivity contribution in [3.63, 3.8) is 0 Å². The minimum absolute atomic E-state index is 0. The number of hydrogen-bond acceptors (Lipinski definition) is 3. The van der Waals surface area contributed by atoms with E-state index in [0.29, 0.717) is 6.54 Å². The van der Waals surface area contributed by atoms with Gasteiger partial charge in [0.25, 0.3) is 0 Å². The highest BCUT2D eigenvalue weighted by Gasteiger charge is 1.88. The van der Waals surface area contributed by atoms with Crippen LogP contribution in [0.3, 0.4) is 0 Å². The molecule has 0 aromatic carbocycles. The maximum Gasteiger partial charge on any atom is 0.0556 e. The average Bonchev–Trinajstić information content (AvgIpc) is 2.07. The molecule has 0 amide bonds. The Balaban J connectivity index is 0.00000121. The average molecular weight is 189 g/mol. The highest BCUT2D eigenvalue weighted by molar-refractivity contribution is 5.85. The molecule has 0 bridgehead atoms. The summed E-state index contributed by atoms with van der Waals surface area (Å²) in [5.74, 6) is 0. The zero-order valence-electron chi connectivity index (χ0n) is 6.73. The molecule has 0 fully saturated rings. The lowest BCUT2D eigenvalue weighted by Gasteiger charge is -2.00. The first kappa shape index (κ1) is 11.4. The third-order valence-corrected chi connectivity index (χ3v) is 1.37. The summed E-state index contributed by atoms with van der Waals surface area (Å²) in [5.41, 5.74) is 1.19. The van der Waals surface area contributed by atoms with Gasteiger partial charge in [-0.3, -0.25) is 4.98 Å². The van der Waals surface area contributed by atoms with E-state index in [1.165, 1.54) is 5.56 Å². The van der Waals surface area contributed by atoms with Crippen LogP contribution in [0.1, 0.15) is 5.56 Å². The highest BCUT2D eigenvalue weighted by atomic mass is 35.5. The molecule has 0 spiro atoms. The van der Waals surface area contributed by atoms with Crippen LogP contribution in [0.4, 0.5) is 0 Å². The predicted molar refractivity (Wildman–Crippen MR) is 50.3 cm³/mol. The lowest BCUT2D eigenvalue weighted by molar-refractivity contribution is 0.292. The molecule has 1 aromatic rings. The largest absolute Gasteiger partial charge is 0.395 e. The zero-order chi connectivity index (χ0) is 7.94. The van der Waals surface area contributed by atoms with Crippen molar-refractivity contribution in [3.8, 4) is 0 Å². The second kappa shape index (κ2) is 7.03. The molecular weight excluding hydrogens is 176 g/mol. The molecule has 1 rings (SSSR count). The van der Waals surface area contributed by atoms with Gasteiger partial charge in [-0.1, -0.05) is 0 Å². The first-order valence-corrected chi connectivity index (χ1v) is 3.64. The maximum atomic E-state index is 8.47. The van der Waals surface area contributed by atoms with Gasteiger partial charge in [0.15, 0.2) is 0 Å². The van der Waals surface area contributed by atoms with Gasteiger partial charge in [0.1, 0.15) is 0 Å². The third-order valence-electron chi connectivity index (χ3n) is 1.37. The van der Waals surface area contributed by atoms with Gasteiger partial charge >= 0.3 is 0 Å². The molecule has 0 aliphatic rings. The van der Waals surface area contributed by atoms with Gasteiger partial charge in [0.2, 0.25) is 0 Å². The molecule has 12 heavy (non-hydrogen) atoms. The summed E-state index contributed by atoms with van der Waals surface area (Å²) >= 11 is 0. The van der Waals surface area contributed by atoms with E-state index in [0.717, 1.165) is 6.54 Å². The van der Waals surface area contributed by atoms with Crippen molar-refractivity contribution < 1.29 is 5.11 Å². The SMILES string of the molecule is Cl.OCCNCc1ccncc1. The second-order valence-corrected chi connectivity index (χ2v) is 2.26. The normalized spacial score (nSPS) is 9.08. The van der Waals surface area contributed by atoms with Crippen LogP contribution in [-0.4, -0.2) is 23.2 Å². The van der Waals surface area contributed by atoms with Gasteiger partial charge in [0.05, 0.1) is 6.61 Å². The Hall–Kier alpha value is -0.640. The Morgan fingerprint density at radius 2 is 2.00 bits per heavy atom. The smallest absolute Gasteiger partial charge is 0.0556 e. The van der Waals surface area contributed by atoms with E-state index in [1.54, 1.807) is 12.4 Å². The summed E-state index contributed by atoms with van der Waals surface area (Å²) in [7, 11) is 0. The fraction of sp³-hybridized carbons (Fsp3) is 0.375. The number of aliphatic hydroxyl groups is 1. The maximum absolute atomic E-state index is 8.47. The van der Waals surface area contributed by atoms with Crippen LogP contribution in [0.2, 0.25) is 0 Å². The van der Waals surface area contributed by atoms with E-state index in [1.807, 2.05) is 12.1 Å². The van der Waals surface area contributed by atoms with Crippen molar-refractivity contribution in [2.24, 2.45) is 0 Å². The Bertz CT molecular complexity index is 194. The molecule has 4 heteroatoms. The van der Waals surface area contributed by atoms with Crippen molar-refractivity contribution in [2.75, 3.05) is 13.2 Å². The molecule has 1 heterocycles. The molecule has 0 radical (unpaired) electrons. The van der Waals surface area contributed by atoms with Crippen molar-refractivity contribution in [1.82, 2.24) is 10.3 Å². The number of aliphatic hydroxyl groups excluding tert-OH is 1. The molecule has 0 saturated heterocycles. The highest BCUT2D eigenvalue weighted by Crippen LogP contribution is 1.93. The van der Waals surface area contributed by atoms with E-state index < -0.39 is 0 Å². The fourth-order valence-electron chi connectivity index (χ4n) is 0.812. The van der Waals surface area contributed by atoms with Crippen LogP contribution in [-0.2, 0) is 6.54 Å². The summed E-state index contributed by atoms with van der Waals surface area (Å²) in [5, 5.41) is 11.5. The number of hydrogen-bond donors (Lipinski definition) is 2. The molecule has 1 aromatic heterocycles. The van der Waals surface area contributed by atoms with Gasteiger partial charge in [-0.2, -0.15) is 0 Å². The number of pyridine rings is 1. The van der Waals surface area contributed by atoms with E-state index in [2.05, 4.69) is 10.3 Å². The minimum atomic E-state index is 0. The monoisotopic (exact) mass is 188 g/mol. The number of nitrogens with one attached hydrogen (secondary N) is 1. The predicted octanol–water partition coefficient (Wildman–Crippen LogP) is 0.585. The second-order valence-electron chi connectivity index (χ2n) is 2.26. The molecular formula is C8H13ClN2O. The number of rotatable bonds is 4. The van der Waals surface area contributed by atoms with Crippen molar-refractivity contribution >= 4 is 12.4 Å². The molecule has 0 aliphatic carbocycles. The van der Waals surface area contributed by atoms with Gasteiger partial charge < -0.3 is 10.4 Å². The lowest BCUT2D eigenvalue weighted by atomic mass is 10.3. The topological polar surface area (TPSA) is 45.1 Å². The van der Waals surface area contributed by atoms with Crippen LogP contribution in [0.5, 0.6) is 0 Å². The van der Waals surface area contributed by atoms with Crippen LogP contribution in [0, 0.1) is 0 Å². The first-order chi connectivity index (χ1) is 5.43. The number of halogens is 1. The standard InChI is InChI=1S/C8H12N2O.ClH/c11-6-5-10-7-8-1-3-9-4-2-8;/h1-4,10-11H,5-7H2;1H. The number of nitrogens with zero attached hydrogens (tertiary/aromatic N) is 1. The van der Waals surface area contributed by atoms with Crippen LogP contribution < -0.4 is 5.32 Å². The molecule has 0 atom stereocenters. The summed E-state index contributed by atoms with van der Waals surface area (Å²) in [4.78, 5) is 3.90. The molecule has 0 aliphatic heterocycles. The molecule has 2 N–H and O–H groups in total. The fourth-order valence-corrected chi connectivity index (χ4v) is 0.812. The Morgan fingerprint density at radius 1 is 1.33 bits per heavy atom. The van der Waals surface area contributed by atoms with Crippen molar-refractivity contribution in [2.45, 2.75) is 6.54 Å². The van der Waals surface area contributed by atoms with Gasteiger partial charge in [-0.25, -0.2) is 0 Å². The summed E-state index contributed by atoms with van der Waals surface area (Å²) in [6.07, 6.45) is 3.52. The van der Waals surface area contributed by atoms with Gasteiger partial charge in [0, 0.05) is 25.5 Å². The minimum Gasteiger partial charge on any atom is -0.395 e. The van der Waals surface area contributed by atoms with E-state index in [4.69, 9.17) is 5.11 Å². The van der Waals surface area contributed by atoms with Crippen LogP contribution in [0.25, 0.3) is 0 Å². The Labute approximate surface area is 78.2 Å². The van der Waals surface area contributed by atoms with Crippen molar-refractivity contribution in [3.05, 3.63) is 30.1 Å². The van der Waals surface area contributed by atoms with Gasteiger partial charge in [-0.05, 0) is 17.7 Å². The van der Waals surface area contributed by atoms with E-state index in [9.17, 15) is 0 Å². The Morgan fingerprint density at radius 3 is 2.58 bits per heavy atom.